The van der Waals surface area contributed by atoms with Gasteiger partial charge in [0.2, 0.25) is 11.5 Å². The molecule has 0 bridgehead atoms. The first-order chi connectivity index (χ1) is 20.6. The third-order valence-corrected chi connectivity index (χ3v) is 8.17. The van der Waals surface area contributed by atoms with Gasteiger partial charge in [-0.1, -0.05) is 22.9 Å². The summed E-state index contributed by atoms with van der Waals surface area (Å²) in [5.41, 5.74) is 1.08. The molecule has 0 aliphatic carbocycles. The summed E-state index contributed by atoms with van der Waals surface area (Å²) in [6, 6.07) is 10.7. The molecule has 9 nitrogen and oxygen atoms in total. The summed E-state index contributed by atoms with van der Waals surface area (Å²) in [5, 5.41) is 7.34. The smallest absolute Gasteiger partial charge is 0.340 e. The van der Waals surface area contributed by atoms with Crippen molar-refractivity contribution in [1.29, 1.82) is 0 Å². The van der Waals surface area contributed by atoms with Gasteiger partial charge in [0, 0.05) is 34.8 Å². The lowest BCUT2D eigenvalue weighted by Gasteiger charge is -2.33. The van der Waals surface area contributed by atoms with Crippen molar-refractivity contribution in [2.24, 2.45) is 0 Å². The van der Waals surface area contributed by atoms with E-state index in [9.17, 15) is 22.8 Å². The van der Waals surface area contributed by atoms with Gasteiger partial charge in [0.05, 0.1) is 34.8 Å². The number of benzene rings is 2. The number of nitrogens with zero attached hydrogens (tertiary/aromatic N) is 5. The first kappa shape index (κ1) is 27.1. The van der Waals surface area contributed by atoms with Gasteiger partial charge in [0.15, 0.2) is 11.5 Å². The SMILES string of the molecule is O=C1C=C(c2c(-n3cc(C(F)(F)F)nn3)ccc(Cl)c2F)C[C@H]2CC[C@@H](c3ncc(-c4ccc5[nH]c(=O)ccc5c4)[nH]3)N12. The number of alkyl halides is 3. The lowest BCUT2D eigenvalue weighted by molar-refractivity contribution is -0.141. The molecule has 2 aromatic carbocycles. The van der Waals surface area contributed by atoms with Crippen LogP contribution in [0.5, 0.6) is 0 Å². The lowest BCUT2D eigenvalue weighted by Crippen LogP contribution is -2.39. The highest BCUT2D eigenvalue weighted by molar-refractivity contribution is 6.31. The van der Waals surface area contributed by atoms with Gasteiger partial charge in [-0.15, -0.1) is 5.10 Å². The van der Waals surface area contributed by atoms with Crippen molar-refractivity contribution >= 4 is 34.0 Å². The van der Waals surface area contributed by atoms with Crippen LogP contribution in [0, 0.1) is 5.82 Å². The van der Waals surface area contributed by atoms with E-state index in [2.05, 4.69) is 25.3 Å². The molecule has 2 N–H and O–H groups in total. The van der Waals surface area contributed by atoms with Gasteiger partial charge < -0.3 is 14.9 Å². The topological polar surface area (TPSA) is 113 Å². The zero-order chi connectivity index (χ0) is 30.0. The monoisotopic (exact) mass is 609 g/mol. The van der Waals surface area contributed by atoms with Gasteiger partial charge in [-0.25, -0.2) is 14.1 Å². The Morgan fingerprint density at radius 1 is 1.02 bits per heavy atom. The number of carbonyl (C=O) groups excluding carboxylic acids is 1. The van der Waals surface area contributed by atoms with E-state index in [1.54, 1.807) is 17.2 Å². The second-order valence-electron chi connectivity index (χ2n) is 10.5. The summed E-state index contributed by atoms with van der Waals surface area (Å²) in [6.07, 6.45) is 0.374. The van der Waals surface area contributed by atoms with Gasteiger partial charge in [-0.2, -0.15) is 13.2 Å². The molecule has 0 saturated carbocycles. The van der Waals surface area contributed by atoms with E-state index in [0.29, 0.717) is 36.0 Å². The number of amides is 1. The molecule has 2 aliphatic heterocycles. The van der Waals surface area contributed by atoms with Gasteiger partial charge in [-0.05, 0) is 60.6 Å². The Morgan fingerprint density at radius 2 is 1.86 bits per heavy atom. The number of aromatic amines is 2. The van der Waals surface area contributed by atoms with Crippen LogP contribution in [0.15, 0.2) is 65.7 Å². The number of rotatable bonds is 4. The zero-order valence-corrected chi connectivity index (χ0v) is 22.7. The Balaban J connectivity index is 1.19. The van der Waals surface area contributed by atoms with E-state index in [1.165, 1.54) is 24.3 Å². The normalized spacial score (nSPS) is 18.8. The maximum Gasteiger partial charge on any atom is 0.436 e. The predicted octanol–water partition coefficient (Wildman–Crippen LogP) is 5.83. The number of carbonyl (C=O) groups is 1. The highest BCUT2D eigenvalue weighted by Crippen LogP contribution is 2.44. The molecule has 2 aliphatic rings. The standard InChI is InChI=1S/C29H20ClF4N7O2/c30-18-4-7-21(40-13-23(38-39-40)29(32,33)34)26(27(18)31)16-10-17-3-6-22(41(17)25(43)11-16)28-35-12-20(37-28)15-1-5-19-14(9-15)2-8-24(42)36-19/h1-2,4-5,7-9,11-13,17,22H,3,6,10H2,(H,35,37)(H,36,42)/t17-,22+/m1/s1. The Bertz CT molecular complexity index is 2010. The van der Waals surface area contributed by atoms with Crippen LogP contribution in [0.1, 0.15) is 42.4 Å². The number of nitrogens with one attached hydrogen (secondary N) is 2. The van der Waals surface area contributed by atoms with Crippen molar-refractivity contribution in [3.63, 3.8) is 0 Å². The van der Waals surface area contributed by atoms with E-state index >= 15 is 4.39 Å². The summed E-state index contributed by atoms with van der Waals surface area (Å²) in [6.45, 7) is 0. The van der Waals surface area contributed by atoms with Gasteiger partial charge in [-0.3, -0.25) is 9.59 Å². The minimum absolute atomic E-state index is 0.0120. The quantitative estimate of drug-likeness (QED) is 0.249. The van der Waals surface area contributed by atoms with E-state index in [4.69, 9.17) is 11.6 Å². The highest BCUT2D eigenvalue weighted by Gasteiger charge is 2.42. The third-order valence-electron chi connectivity index (χ3n) is 7.88. The molecule has 14 heteroatoms. The van der Waals surface area contributed by atoms with Gasteiger partial charge >= 0.3 is 6.18 Å². The molecule has 7 rings (SSSR count). The number of aromatic nitrogens is 6. The maximum atomic E-state index is 15.5. The molecular weight excluding hydrogens is 590 g/mol. The van der Waals surface area contributed by atoms with Crippen LogP contribution in [0.3, 0.4) is 0 Å². The fraction of sp³-hybridized carbons (Fsp3) is 0.207. The van der Waals surface area contributed by atoms with Crippen LogP contribution in [0.25, 0.3) is 33.4 Å². The fourth-order valence-corrected chi connectivity index (χ4v) is 6.08. The van der Waals surface area contributed by atoms with Crippen LogP contribution in [0.4, 0.5) is 17.6 Å². The summed E-state index contributed by atoms with van der Waals surface area (Å²) in [5.74, 6) is -0.636. The minimum atomic E-state index is -4.73. The van der Waals surface area contributed by atoms with Crippen molar-refractivity contribution in [3.05, 3.63) is 99.2 Å². The first-order valence-corrected chi connectivity index (χ1v) is 13.6. The summed E-state index contributed by atoms with van der Waals surface area (Å²) in [4.78, 5) is 37.5. The second-order valence-corrected chi connectivity index (χ2v) is 10.9. The lowest BCUT2D eigenvalue weighted by atomic mass is 9.92. The molecule has 43 heavy (non-hydrogen) atoms. The van der Waals surface area contributed by atoms with Crippen LogP contribution < -0.4 is 5.56 Å². The molecule has 3 aromatic heterocycles. The summed E-state index contributed by atoms with van der Waals surface area (Å²) < 4.78 is 55.8. The largest absolute Gasteiger partial charge is 0.436 e. The van der Waals surface area contributed by atoms with E-state index in [0.717, 1.165) is 21.3 Å². The number of imidazole rings is 1. The molecule has 0 spiro atoms. The molecule has 2 atom stereocenters. The van der Waals surface area contributed by atoms with Crippen LogP contribution in [-0.2, 0) is 11.0 Å². The minimum Gasteiger partial charge on any atom is -0.340 e. The van der Waals surface area contributed by atoms with Gasteiger partial charge in [0.1, 0.15) is 5.82 Å². The van der Waals surface area contributed by atoms with Crippen LogP contribution >= 0.6 is 11.6 Å². The van der Waals surface area contributed by atoms with Crippen molar-refractivity contribution in [1.82, 2.24) is 34.8 Å². The van der Waals surface area contributed by atoms with Gasteiger partial charge in [0.25, 0.3) is 0 Å². The Kier molecular flexibility index (Phi) is 6.24. The molecule has 0 radical (unpaired) electrons. The first-order valence-electron chi connectivity index (χ1n) is 13.3. The second kappa shape index (κ2) is 9.90. The number of hydrogen-bond donors (Lipinski definition) is 2. The predicted molar refractivity (Wildman–Crippen MR) is 149 cm³/mol. The average molecular weight is 610 g/mol. The fourth-order valence-electron chi connectivity index (χ4n) is 5.92. The summed E-state index contributed by atoms with van der Waals surface area (Å²) in [7, 11) is 0. The molecule has 5 aromatic rings. The third kappa shape index (κ3) is 4.69. The number of H-pyrrole nitrogens is 2. The molecule has 0 unspecified atom stereocenters. The Labute approximate surface area is 244 Å². The molecule has 1 saturated heterocycles. The van der Waals surface area contributed by atoms with Crippen molar-refractivity contribution in [2.75, 3.05) is 0 Å². The van der Waals surface area contributed by atoms with Crippen molar-refractivity contribution in [2.45, 2.75) is 37.5 Å². The van der Waals surface area contributed by atoms with E-state index < -0.39 is 17.7 Å². The van der Waals surface area contributed by atoms with E-state index in [-0.39, 0.29) is 46.2 Å². The number of pyridine rings is 1. The highest BCUT2D eigenvalue weighted by atomic mass is 35.5. The van der Waals surface area contributed by atoms with Crippen molar-refractivity contribution < 1.29 is 22.4 Å². The number of hydrogen-bond acceptors (Lipinski definition) is 5. The number of halogens is 5. The summed E-state index contributed by atoms with van der Waals surface area (Å²) >= 11 is 6.06. The van der Waals surface area contributed by atoms with E-state index in [1.807, 2.05) is 18.2 Å². The Hall–Kier alpha value is -4.78. The Morgan fingerprint density at radius 3 is 2.65 bits per heavy atom. The number of fused-ring (bicyclic) bond motifs is 2. The molecule has 1 amide bonds. The van der Waals surface area contributed by atoms with Crippen molar-refractivity contribution in [3.8, 4) is 16.9 Å². The molecular formula is C29H20ClF4N7O2. The molecule has 5 heterocycles. The van der Waals surface area contributed by atoms with Crippen LogP contribution in [-0.4, -0.2) is 46.8 Å². The average Bonchev–Trinajstić information content (AvgIpc) is 3.73. The zero-order valence-electron chi connectivity index (χ0n) is 22.0. The maximum absolute atomic E-state index is 15.5. The molecule has 1 fully saturated rings. The molecule has 218 valence electrons. The van der Waals surface area contributed by atoms with Crippen LogP contribution in [0.2, 0.25) is 5.02 Å².